The van der Waals surface area contributed by atoms with Crippen molar-refractivity contribution in [2.45, 2.75) is 17.9 Å². The summed E-state index contributed by atoms with van der Waals surface area (Å²) in [5.41, 5.74) is 1.43. The van der Waals surface area contributed by atoms with Crippen LogP contribution in [0.2, 0.25) is 0 Å². The highest BCUT2D eigenvalue weighted by Crippen LogP contribution is 2.21. The Labute approximate surface area is 108 Å². The first-order valence-corrected chi connectivity index (χ1v) is 6.24. The Morgan fingerprint density at radius 1 is 1.44 bits per heavy atom. The molecule has 0 amide bonds. The van der Waals surface area contributed by atoms with Crippen molar-refractivity contribution >= 4 is 24.3 Å². The number of nitrogens with zero attached hydrogens (tertiary/aromatic N) is 1. The molecule has 1 aromatic carbocycles. The third kappa shape index (κ3) is 3.13. The highest BCUT2D eigenvalue weighted by atomic mass is 32.2. The van der Waals surface area contributed by atoms with Crippen LogP contribution in [-0.2, 0) is 5.75 Å². The molecule has 2 N–H and O–H groups in total. The van der Waals surface area contributed by atoms with Crippen molar-refractivity contribution in [3.8, 4) is 0 Å². The lowest BCUT2D eigenvalue weighted by molar-refractivity contribution is 0.423. The topological polar surface area (TPSA) is 66.5 Å². The lowest BCUT2D eigenvalue weighted by Crippen LogP contribution is -2.32. The molecule has 0 spiro atoms. The quantitative estimate of drug-likeness (QED) is 0.641. The number of aromatic nitrogens is 1. The van der Waals surface area contributed by atoms with Gasteiger partial charge in [0, 0.05) is 11.2 Å². The lowest BCUT2D eigenvalue weighted by atomic mass is 9.79. The van der Waals surface area contributed by atoms with Crippen molar-refractivity contribution in [3.63, 3.8) is 0 Å². The molecule has 0 fully saturated rings. The molecule has 0 aliphatic heterocycles. The van der Waals surface area contributed by atoms with Crippen molar-refractivity contribution in [2.75, 3.05) is 0 Å². The average Bonchev–Trinajstić information content (AvgIpc) is 2.74. The summed E-state index contributed by atoms with van der Waals surface area (Å²) in [5, 5.41) is 18.5. The Balaban J connectivity index is 2.08. The molecule has 1 aromatic heterocycles. The minimum absolute atomic E-state index is 0.128. The summed E-state index contributed by atoms with van der Waals surface area (Å²) in [6.45, 7) is 1.83. The van der Waals surface area contributed by atoms with Crippen LogP contribution in [-0.4, -0.2) is 22.2 Å². The third-order valence-electron chi connectivity index (χ3n) is 2.30. The Bertz CT molecular complexity index is 547. The molecule has 0 aliphatic rings. The maximum Gasteiger partial charge on any atom is 0.491 e. The molecule has 0 atom stereocenters. The molecule has 2 aromatic rings. The number of rotatable bonds is 4. The second-order valence-electron chi connectivity index (χ2n) is 3.77. The van der Waals surface area contributed by atoms with Crippen LogP contribution in [0.15, 0.2) is 34.1 Å². The van der Waals surface area contributed by atoms with Crippen molar-refractivity contribution in [1.29, 1.82) is 0 Å². The van der Waals surface area contributed by atoms with Crippen molar-refractivity contribution < 1.29 is 18.9 Å². The van der Waals surface area contributed by atoms with Gasteiger partial charge in [-0.25, -0.2) is 9.37 Å². The van der Waals surface area contributed by atoms with E-state index in [0.717, 1.165) is 11.3 Å². The van der Waals surface area contributed by atoms with E-state index in [-0.39, 0.29) is 5.46 Å². The Kier molecular flexibility index (Phi) is 4.06. The van der Waals surface area contributed by atoms with Crippen LogP contribution < -0.4 is 5.46 Å². The normalized spacial score (nSPS) is 10.7. The van der Waals surface area contributed by atoms with E-state index >= 15 is 0 Å². The number of thioether (sulfide) groups is 1. The van der Waals surface area contributed by atoms with Crippen LogP contribution in [0, 0.1) is 12.7 Å². The van der Waals surface area contributed by atoms with Gasteiger partial charge in [-0.1, -0.05) is 23.9 Å². The molecule has 94 valence electrons. The summed E-state index contributed by atoms with van der Waals surface area (Å²) in [6.07, 6.45) is 1.55. The van der Waals surface area contributed by atoms with Crippen LogP contribution >= 0.6 is 11.8 Å². The van der Waals surface area contributed by atoms with Gasteiger partial charge >= 0.3 is 7.12 Å². The van der Waals surface area contributed by atoms with E-state index in [1.54, 1.807) is 12.3 Å². The second kappa shape index (κ2) is 5.56. The number of hydrogen-bond acceptors (Lipinski definition) is 5. The Morgan fingerprint density at radius 2 is 2.22 bits per heavy atom. The molecule has 2 rings (SSSR count). The Morgan fingerprint density at radius 3 is 2.83 bits per heavy atom. The summed E-state index contributed by atoms with van der Waals surface area (Å²) in [7, 11) is -1.81. The van der Waals surface area contributed by atoms with Gasteiger partial charge < -0.3 is 14.5 Å². The lowest BCUT2D eigenvalue weighted by Gasteiger charge is -2.04. The van der Waals surface area contributed by atoms with Crippen LogP contribution in [0.4, 0.5) is 4.39 Å². The molecule has 0 aliphatic carbocycles. The van der Waals surface area contributed by atoms with Gasteiger partial charge in [-0.05, 0) is 18.6 Å². The fraction of sp³-hybridized carbons (Fsp3) is 0.182. The first-order valence-electron chi connectivity index (χ1n) is 5.25. The summed E-state index contributed by atoms with van der Waals surface area (Å²) < 4.78 is 18.4. The van der Waals surface area contributed by atoms with E-state index in [2.05, 4.69) is 4.98 Å². The highest BCUT2D eigenvalue weighted by Gasteiger charge is 2.17. The third-order valence-corrected chi connectivity index (χ3v) is 3.21. The van der Waals surface area contributed by atoms with Gasteiger partial charge in [-0.2, -0.15) is 0 Å². The monoisotopic (exact) mass is 267 g/mol. The van der Waals surface area contributed by atoms with E-state index in [1.165, 1.54) is 23.9 Å². The molecule has 0 saturated heterocycles. The van der Waals surface area contributed by atoms with Gasteiger partial charge in [0.15, 0.2) is 0 Å². The van der Waals surface area contributed by atoms with Crippen molar-refractivity contribution in [3.05, 3.63) is 41.5 Å². The zero-order valence-electron chi connectivity index (χ0n) is 9.63. The van der Waals surface area contributed by atoms with Crippen LogP contribution in [0.5, 0.6) is 0 Å². The van der Waals surface area contributed by atoms with E-state index in [4.69, 9.17) is 14.5 Å². The molecule has 1 heterocycles. The predicted molar refractivity (Wildman–Crippen MR) is 67.0 cm³/mol. The van der Waals surface area contributed by atoms with Gasteiger partial charge in [0.2, 0.25) is 0 Å². The predicted octanol–water partition coefficient (Wildman–Crippen LogP) is 1.09. The van der Waals surface area contributed by atoms with Gasteiger partial charge in [-0.15, -0.1) is 0 Å². The number of halogens is 1. The molecular weight excluding hydrogens is 256 g/mol. The van der Waals surface area contributed by atoms with Crippen LogP contribution in [0.1, 0.15) is 11.3 Å². The maximum absolute atomic E-state index is 13.2. The number of benzene rings is 1. The molecule has 18 heavy (non-hydrogen) atoms. The number of oxazole rings is 1. The zero-order chi connectivity index (χ0) is 13.1. The summed E-state index contributed by atoms with van der Waals surface area (Å²) in [4.78, 5) is 4.12. The van der Waals surface area contributed by atoms with Gasteiger partial charge in [0.1, 0.15) is 12.1 Å². The molecule has 0 bridgehead atoms. The van der Waals surface area contributed by atoms with Gasteiger partial charge in [0.25, 0.3) is 5.22 Å². The molecule has 0 saturated carbocycles. The van der Waals surface area contributed by atoms with Gasteiger partial charge in [0.05, 0.1) is 5.69 Å². The fourth-order valence-electron chi connectivity index (χ4n) is 1.42. The van der Waals surface area contributed by atoms with E-state index in [9.17, 15) is 4.39 Å². The van der Waals surface area contributed by atoms with Crippen molar-refractivity contribution in [2.24, 2.45) is 0 Å². The van der Waals surface area contributed by atoms with Gasteiger partial charge in [-0.3, -0.25) is 0 Å². The van der Waals surface area contributed by atoms with E-state index in [1.807, 2.05) is 6.92 Å². The minimum Gasteiger partial charge on any atom is -0.440 e. The number of hydrogen-bond donors (Lipinski definition) is 2. The largest absolute Gasteiger partial charge is 0.491 e. The minimum atomic E-state index is -1.81. The smallest absolute Gasteiger partial charge is 0.440 e. The summed E-state index contributed by atoms with van der Waals surface area (Å²) >= 11 is 1.36. The Hall–Kier alpha value is -1.31. The van der Waals surface area contributed by atoms with Crippen LogP contribution in [0.3, 0.4) is 0 Å². The molecule has 4 nitrogen and oxygen atoms in total. The SMILES string of the molecule is Cc1coc(SCc2ccc(F)c(B(O)O)c2)n1. The highest BCUT2D eigenvalue weighted by molar-refractivity contribution is 7.98. The first kappa shape index (κ1) is 13.1. The maximum atomic E-state index is 13.2. The zero-order valence-corrected chi connectivity index (χ0v) is 10.4. The molecule has 0 radical (unpaired) electrons. The fourth-order valence-corrected chi connectivity index (χ4v) is 2.22. The van der Waals surface area contributed by atoms with Crippen LogP contribution in [0.25, 0.3) is 0 Å². The second-order valence-corrected chi connectivity index (χ2v) is 4.70. The van der Waals surface area contributed by atoms with E-state index in [0.29, 0.717) is 11.0 Å². The van der Waals surface area contributed by atoms with E-state index < -0.39 is 12.9 Å². The first-order chi connectivity index (χ1) is 8.56. The average molecular weight is 267 g/mol. The standard InChI is InChI=1S/C11H11BFNO3S/c1-7-5-17-11(14-7)18-6-8-2-3-10(13)9(4-8)12(15)16/h2-5,15-16H,6H2,1H3. The summed E-state index contributed by atoms with van der Waals surface area (Å²) in [6, 6.07) is 4.22. The summed E-state index contributed by atoms with van der Waals surface area (Å²) in [5.74, 6) is -0.120. The molecular formula is C11H11BFNO3S. The molecule has 7 heteroatoms. The number of aryl methyl sites for hydroxylation is 1. The van der Waals surface area contributed by atoms with Crippen molar-refractivity contribution in [1.82, 2.24) is 4.98 Å². The molecule has 0 unspecified atom stereocenters.